The highest BCUT2D eigenvalue weighted by atomic mass is 28.4. The lowest BCUT2D eigenvalue weighted by Gasteiger charge is -2.36. The van der Waals surface area contributed by atoms with Crippen molar-refractivity contribution in [1.29, 1.82) is 0 Å². The number of halogens is 1. The van der Waals surface area contributed by atoms with Crippen LogP contribution in [0.5, 0.6) is 0 Å². The van der Waals surface area contributed by atoms with Gasteiger partial charge in [-0.2, -0.15) is 0 Å². The predicted molar refractivity (Wildman–Crippen MR) is 95.7 cm³/mol. The van der Waals surface area contributed by atoms with Crippen LogP contribution in [0, 0.1) is 5.82 Å². The van der Waals surface area contributed by atoms with Crippen LogP contribution in [0.1, 0.15) is 31.1 Å². The number of hydrogen-bond acceptors (Lipinski definition) is 5. The van der Waals surface area contributed by atoms with E-state index >= 15 is 0 Å². The summed E-state index contributed by atoms with van der Waals surface area (Å²) < 4.78 is 24.5. The Morgan fingerprint density at radius 1 is 1.32 bits per heavy atom. The number of pyridine rings is 1. The van der Waals surface area contributed by atoms with E-state index in [1.165, 1.54) is 12.3 Å². The maximum atomic E-state index is 14.1. The number of methoxy groups -OCH3 is 1. The summed E-state index contributed by atoms with van der Waals surface area (Å²) in [6.45, 7) is 11.3. The van der Waals surface area contributed by atoms with E-state index in [-0.39, 0.29) is 23.0 Å². The van der Waals surface area contributed by atoms with Crippen LogP contribution in [0.15, 0.2) is 12.3 Å². The zero-order valence-corrected chi connectivity index (χ0v) is 16.5. The van der Waals surface area contributed by atoms with Gasteiger partial charge in [-0.3, -0.25) is 5.32 Å². The molecule has 7 nitrogen and oxygen atoms in total. The highest BCUT2D eigenvalue weighted by molar-refractivity contribution is 6.74. The molecule has 0 aliphatic carbocycles. The van der Waals surface area contributed by atoms with E-state index < -0.39 is 26.1 Å². The molecular weight excluding hydrogens is 345 g/mol. The average Bonchev–Trinajstić information content (AvgIpc) is 2.52. The number of hydrogen-bond donors (Lipinski definition) is 2. The van der Waals surface area contributed by atoms with Gasteiger partial charge in [-0.15, -0.1) is 0 Å². The highest BCUT2D eigenvalue weighted by Crippen LogP contribution is 2.36. The van der Waals surface area contributed by atoms with Gasteiger partial charge in [0, 0.05) is 12.7 Å². The first kappa shape index (κ1) is 21.0. The quantitative estimate of drug-likeness (QED) is 0.455. The number of nitrogens with zero attached hydrogens (tertiary/aromatic N) is 1. The molecule has 0 saturated heterocycles. The van der Waals surface area contributed by atoms with Gasteiger partial charge in [0.1, 0.15) is 5.56 Å². The van der Waals surface area contributed by atoms with E-state index in [1.807, 2.05) is 0 Å². The Morgan fingerprint density at radius 2 is 1.96 bits per heavy atom. The van der Waals surface area contributed by atoms with E-state index in [0.717, 1.165) is 7.11 Å². The second-order valence-electron chi connectivity index (χ2n) is 7.00. The minimum absolute atomic E-state index is 0.0800. The van der Waals surface area contributed by atoms with Gasteiger partial charge in [-0.1, -0.05) is 20.8 Å². The van der Waals surface area contributed by atoms with E-state index in [2.05, 4.69) is 54.2 Å². The summed E-state index contributed by atoms with van der Waals surface area (Å²) in [5.74, 6) is -2.13. The van der Waals surface area contributed by atoms with Crippen molar-refractivity contribution in [3.05, 3.63) is 23.6 Å². The monoisotopic (exact) mass is 371 g/mol. The van der Waals surface area contributed by atoms with Crippen molar-refractivity contribution >= 4 is 26.1 Å². The van der Waals surface area contributed by atoms with Crippen molar-refractivity contribution in [1.82, 2.24) is 10.3 Å². The van der Waals surface area contributed by atoms with E-state index in [1.54, 1.807) is 0 Å². The Labute approximate surface area is 148 Å². The van der Waals surface area contributed by atoms with Gasteiger partial charge in [0.2, 0.25) is 0 Å². The van der Waals surface area contributed by atoms with Crippen LogP contribution in [-0.4, -0.2) is 45.6 Å². The highest BCUT2D eigenvalue weighted by Gasteiger charge is 2.36. The largest absolute Gasteiger partial charge is 0.465 e. The van der Waals surface area contributed by atoms with Gasteiger partial charge in [0.25, 0.3) is 0 Å². The first-order valence-electron chi connectivity index (χ1n) is 7.91. The number of carbonyl (C=O) groups is 2. The van der Waals surface area contributed by atoms with Crippen molar-refractivity contribution in [3.8, 4) is 0 Å². The number of anilines is 1. The fraction of sp³-hybridized carbons (Fsp3) is 0.562. The minimum Gasteiger partial charge on any atom is -0.465 e. The first-order chi connectivity index (χ1) is 11.5. The predicted octanol–water partition coefficient (Wildman–Crippen LogP) is 3.15. The normalized spacial score (nSPS) is 11.8. The maximum Gasteiger partial charge on any atom is 0.341 e. The Morgan fingerprint density at radius 3 is 2.52 bits per heavy atom. The summed E-state index contributed by atoms with van der Waals surface area (Å²) in [4.78, 5) is 27.0. The molecule has 0 aliphatic heterocycles. The topological polar surface area (TPSA) is 89.5 Å². The number of esters is 1. The number of aromatic nitrogens is 1. The number of amides is 2. The molecule has 0 atom stereocenters. The number of rotatable bonds is 6. The first-order valence-corrected chi connectivity index (χ1v) is 10.8. The molecule has 0 saturated carbocycles. The zero-order chi connectivity index (χ0) is 19.3. The van der Waals surface area contributed by atoms with Gasteiger partial charge < -0.3 is 14.5 Å². The smallest absolute Gasteiger partial charge is 0.341 e. The second kappa shape index (κ2) is 8.39. The van der Waals surface area contributed by atoms with E-state index in [4.69, 9.17) is 4.43 Å². The molecule has 1 aromatic rings. The molecule has 0 radical (unpaired) electrons. The lowest BCUT2D eigenvalue weighted by molar-refractivity contribution is 0.0595. The van der Waals surface area contributed by atoms with Crippen molar-refractivity contribution in [2.45, 2.75) is 38.9 Å². The summed E-state index contributed by atoms with van der Waals surface area (Å²) in [7, 11) is -0.736. The van der Waals surface area contributed by atoms with Crippen molar-refractivity contribution in [3.63, 3.8) is 0 Å². The molecule has 0 unspecified atom stereocenters. The molecule has 2 N–H and O–H groups in total. The third-order valence-electron chi connectivity index (χ3n) is 4.18. The summed E-state index contributed by atoms with van der Waals surface area (Å²) in [6, 6.07) is 0.546. The van der Waals surface area contributed by atoms with E-state index in [0.29, 0.717) is 6.61 Å². The Balaban J connectivity index is 2.55. The number of ether oxygens (including phenoxy) is 1. The summed E-state index contributed by atoms with van der Waals surface area (Å²) in [5.41, 5.74) is -0.297. The molecule has 0 aromatic carbocycles. The van der Waals surface area contributed by atoms with Crippen molar-refractivity contribution in [2.75, 3.05) is 25.6 Å². The molecule has 0 bridgehead atoms. The third-order valence-corrected chi connectivity index (χ3v) is 8.72. The van der Waals surface area contributed by atoms with Gasteiger partial charge in [-0.25, -0.2) is 19.0 Å². The molecular formula is C16H26FN3O4Si. The standard InChI is InChI=1S/C16H26FN3O4Si/c1-16(2,3)25(5,6)24-10-9-19-15(22)20-13-12(17)11(7-8-18-13)14(21)23-4/h7-8H,9-10H2,1-6H3,(H2,18,19,20,22). The minimum atomic E-state index is -1.88. The van der Waals surface area contributed by atoms with Crippen LogP contribution in [0.25, 0.3) is 0 Å². The molecule has 1 aromatic heterocycles. The number of carbonyl (C=O) groups excluding carboxylic acids is 2. The lowest BCUT2D eigenvalue weighted by atomic mass is 10.2. The summed E-state index contributed by atoms with van der Waals surface area (Å²) in [6.07, 6.45) is 1.21. The SMILES string of the molecule is COC(=O)c1ccnc(NC(=O)NCCO[Si](C)(C)C(C)(C)C)c1F. The van der Waals surface area contributed by atoms with Gasteiger partial charge in [0.05, 0.1) is 13.7 Å². The fourth-order valence-corrected chi connectivity index (χ4v) is 2.68. The molecule has 0 spiro atoms. The molecule has 9 heteroatoms. The third kappa shape index (κ3) is 5.78. The van der Waals surface area contributed by atoms with Crippen LogP contribution < -0.4 is 10.6 Å². The van der Waals surface area contributed by atoms with Crippen molar-refractivity contribution < 1.29 is 23.1 Å². The second-order valence-corrected chi connectivity index (χ2v) is 11.8. The fourth-order valence-electron chi connectivity index (χ4n) is 1.64. The van der Waals surface area contributed by atoms with Crippen LogP contribution in [-0.2, 0) is 9.16 Å². The molecule has 140 valence electrons. The van der Waals surface area contributed by atoms with Crippen LogP contribution >= 0.6 is 0 Å². The molecule has 0 fully saturated rings. The molecule has 1 heterocycles. The number of urea groups is 1. The van der Waals surface area contributed by atoms with Crippen LogP contribution in [0.3, 0.4) is 0 Å². The molecule has 0 aliphatic rings. The average molecular weight is 371 g/mol. The lowest BCUT2D eigenvalue weighted by Crippen LogP contribution is -2.43. The summed E-state index contributed by atoms with van der Waals surface area (Å²) in [5, 5.41) is 4.92. The van der Waals surface area contributed by atoms with Crippen LogP contribution in [0.2, 0.25) is 18.1 Å². The van der Waals surface area contributed by atoms with Gasteiger partial charge in [0.15, 0.2) is 20.0 Å². The molecule has 25 heavy (non-hydrogen) atoms. The Bertz CT molecular complexity index is 632. The van der Waals surface area contributed by atoms with Gasteiger partial charge in [-0.05, 0) is 24.2 Å². The maximum absolute atomic E-state index is 14.1. The van der Waals surface area contributed by atoms with Crippen LogP contribution in [0.4, 0.5) is 15.0 Å². The number of nitrogens with one attached hydrogen (secondary N) is 2. The van der Waals surface area contributed by atoms with Gasteiger partial charge >= 0.3 is 12.0 Å². The zero-order valence-electron chi connectivity index (χ0n) is 15.5. The Hall–Kier alpha value is -2.00. The van der Waals surface area contributed by atoms with Crippen molar-refractivity contribution in [2.24, 2.45) is 0 Å². The molecule has 2 amide bonds. The molecule has 1 rings (SSSR count). The van der Waals surface area contributed by atoms with E-state index in [9.17, 15) is 14.0 Å². The Kier molecular flexibility index (Phi) is 7.06. The summed E-state index contributed by atoms with van der Waals surface area (Å²) >= 11 is 0.